The first-order chi connectivity index (χ1) is 19.7. The van der Waals surface area contributed by atoms with Crippen LogP contribution >= 0.6 is 23.5 Å². The van der Waals surface area contributed by atoms with Crippen molar-refractivity contribution in [3.8, 4) is 0 Å². The van der Waals surface area contributed by atoms with Crippen LogP contribution in [0.5, 0.6) is 0 Å². The minimum Gasteiger partial charge on any atom is -0.543 e. The van der Waals surface area contributed by atoms with Gasteiger partial charge in [0.25, 0.3) is 5.91 Å². The van der Waals surface area contributed by atoms with E-state index in [2.05, 4.69) is 15.5 Å². The minimum atomic E-state index is -1.56. The van der Waals surface area contributed by atoms with Gasteiger partial charge in [0.1, 0.15) is 17.7 Å². The van der Waals surface area contributed by atoms with Crippen LogP contribution < -0.4 is 34.7 Å². The summed E-state index contributed by atoms with van der Waals surface area (Å²) in [7, 11) is 1.63. The number of unbranched alkanes of at least 4 members (excludes halogenated alkanes) is 2. The number of fused-ring (bicyclic) bond motifs is 1. The van der Waals surface area contributed by atoms with Crippen molar-refractivity contribution in [2.75, 3.05) is 24.7 Å². The van der Waals surface area contributed by atoms with E-state index >= 15 is 0 Å². The molecular weight excluding hydrogens is 603 g/mol. The summed E-state index contributed by atoms with van der Waals surface area (Å²) >= 11 is 2.40. The standard InChI is InChI=1S/C24H30N6O9S2.Na/c1-4-38-22(36)15(23(37)39-5-2)11-29(16(32)9-7-6-8-10-31)18-19(33)30-17(21(34)35)14(12-40-20(18)30)13-41-24-25-26-27-28(24)3;/h10-11,18,20H,4-9,12-13H2,1-3H3,(H,34,35);/q;+1/p-1/t18?,20-;/m0./s1. The molecule has 1 saturated heterocycles. The van der Waals surface area contributed by atoms with Gasteiger partial charge in [-0.15, -0.1) is 16.9 Å². The molecule has 0 aromatic carbocycles. The van der Waals surface area contributed by atoms with Crippen molar-refractivity contribution in [2.24, 2.45) is 7.05 Å². The molecule has 1 aromatic heterocycles. The molecule has 1 unspecified atom stereocenters. The average Bonchev–Trinajstić information content (AvgIpc) is 3.35. The number of carbonyl (C=O) groups is 6. The molecule has 2 amide bonds. The first-order valence-corrected chi connectivity index (χ1v) is 14.7. The van der Waals surface area contributed by atoms with Crippen molar-refractivity contribution in [3.63, 3.8) is 0 Å². The quantitative estimate of drug-likeness (QED) is 0.0210. The molecule has 18 heteroatoms. The number of tetrazole rings is 1. The maximum absolute atomic E-state index is 13.5. The van der Waals surface area contributed by atoms with Crippen LogP contribution in [0, 0.1) is 0 Å². The number of carboxylic acid groups (broad SMARTS) is 1. The number of esters is 2. The number of rotatable bonds is 15. The topological polar surface area (TPSA) is 194 Å². The molecule has 222 valence electrons. The fourth-order valence-electron chi connectivity index (χ4n) is 4.07. The summed E-state index contributed by atoms with van der Waals surface area (Å²) < 4.78 is 11.3. The Kier molecular flexibility index (Phi) is 14.2. The number of hydrogen-bond donors (Lipinski definition) is 0. The van der Waals surface area contributed by atoms with Crippen molar-refractivity contribution in [1.29, 1.82) is 0 Å². The molecule has 1 aromatic rings. The second kappa shape index (κ2) is 16.8. The molecule has 3 heterocycles. The molecule has 15 nitrogen and oxygen atoms in total. The Balaban J connectivity index is 0.00000616. The first-order valence-electron chi connectivity index (χ1n) is 12.7. The average molecular weight is 633 g/mol. The maximum Gasteiger partial charge on any atom is 1.00 e. The summed E-state index contributed by atoms with van der Waals surface area (Å²) in [6.07, 6.45) is 2.52. The Labute approximate surface area is 272 Å². The molecule has 42 heavy (non-hydrogen) atoms. The van der Waals surface area contributed by atoms with Crippen molar-refractivity contribution < 1.29 is 72.9 Å². The van der Waals surface area contributed by atoms with Gasteiger partial charge in [-0.3, -0.25) is 14.5 Å². The number of carboxylic acids is 1. The molecule has 2 atom stereocenters. The summed E-state index contributed by atoms with van der Waals surface area (Å²) in [6, 6.07) is -1.22. The second-order valence-corrected chi connectivity index (χ2v) is 10.7. The van der Waals surface area contributed by atoms with Crippen molar-refractivity contribution >= 4 is 59.5 Å². The zero-order valence-electron chi connectivity index (χ0n) is 23.6. The van der Waals surface area contributed by atoms with Gasteiger partial charge in [0, 0.05) is 37.6 Å². The number of aldehydes is 1. The van der Waals surface area contributed by atoms with Gasteiger partial charge in [0.05, 0.1) is 24.9 Å². The third-order valence-electron chi connectivity index (χ3n) is 5.98. The van der Waals surface area contributed by atoms with Gasteiger partial charge < -0.3 is 29.1 Å². The molecule has 0 spiro atoms. The largest absolute Gasteiger partial charge is 1.00 e. The number of aliphatic carboxylic acids is 1. The molecule has 2 aliphatic heterocycles. The SMILES string of the molecule is CCOC(=O)C(=CN(C(=O)CCCCC=O)C1C(=O)N2C(C(=O)[O-])=C(CSc3nnnn3C)CS[C@@H]12)C(=O)OCC.[Na+]. The zero-order chi connectivity index (χ0) is 30.1. The Morgan fingerprint density at radius 1 is 1.17 bits per heavy atom. The van der Waals surface area contributed by atoms with Crippen molar-refractivity contribution in [2.45, 2.75) is 56.1 Å². The van der Waals surface area contributed by atoms with Gasteiger partial charge in [-0.2, -0.15) is 0 Å². The molecule has 2 aliphatic rings. The number of nitrogens with zero attached hydrogens (tertiary/aromatic N) is 6. The minimum absolute atomic E-state index is 0. The monoisotopic (exact) mass is 632 g/mol. The van der Waals surface area contributed by atoms with E-state index in [9.17, 15) is 33.9 Å². The van der Waals surface area contributed by atoms with E-state index in [-0.39, 0.29) is 72.8 Å². The number of ether oxygens (including phenoxy) is 2. The number of carbonyl (C=O) groups excluding carboxylic acids is 6. The summed E-state index contributed by atoms with van der Waals surface area (Å²) in [4.78, 5) is 76.9. The Bertz CT molecular complexity index is 1250. The predicted octanol–water partition coefficient (Wildman–Crippen LogP) is -3.81. The smallest absolute Gasteiger partial charge is 0.543 e. The number of amides is 2. The summed E-state index contributed by atoms with van der Waals surface area (Å²) in [5.41, 5.74) is -0.491. The summed E-state index contributed by atoms with van der Waals surface area (Å²) in [5.74, 6) is -4.62. The molecule has 1 fully saturated rings. The van der Waals surface area contributed by atoms with Gasteiger partial charge in [0.15, 0.2) is 5.57 Å². The van der Waals surface area contributed by atoms with Gasteiger partial charge in [0.2, 0.25) is 11.1 Å². The number of aryl methyl sites for hydroxylation is 1. The molecule has 0 radical (unpaired) electrons. The summed E-state index contributed by atoms with van der Waals surface area (Å²) in [5, 5.41) is 22.9. The van der Waals surface area contributed by atoms with Gasteiger partial charge in [-0.05, 0) is 42.7 Å². The van der Waals surface area contributed by atoms with Crippen molar-refractivity contribution in [1.82, 2.24) is 30.0 Å². The van der Waals surface area contributed by atoms with Crippen LogP contribution in [0.25, 0.3) is 0 Å². The third-order valence-corrected chi connectivity index (χ3v) is 8.40. The molecule has 0 bridgehead atoms. The predicted molar refractivity (Wildman–Crippen MR) is 141 cm³/mol. The van der Waals surface area contributed by atoms with Crippen LogP contribution in [0.15, 0.2) is 28.2 Å². The van der Waals surface area contributed by atoms with E-state index in [1.165, 1.54) is 42.1 Å². The molecule has 3 rings (SSSR count). The molecule has 0 N–H and O–H groups in total. The van der Waals surface area contributed by atoms with Gasteiger partial charge in [-0.1, -0.05) is 11.8 Å². The number of thioether (sulfide) groups is 2. The normalized spacial score (nSPS) is 17.3. The molecule has 0 aliphatic carbocycles. The number of aromatic nitrogens is 4. The van der Waals surface area contributed by atoms with E-state index < -0.39 is 46.7 Å². The second-order valence-electron chi connectivity index (χ2n) is 8.67. The fraction of sp³-hybridized carbons (Fsp3) is 0.542. The van der Waals surface area contributed by atoms with Crippen LogP contribution in [0.2, 0.25) is 0 Å². The van der Waals surface area contributed by atoms with Gasteiger partial charge >= 0.3 is 41.5 Å². The van der Waals surface area contributed by atoms with E-state index in [0.29, 0.717) is 23.6 Å². The van der Waals surface area contributed by atoms with Gasteiger partial charge in [-0.25, -0.2) is 14.3 Å². The third kappa shape index (κ3) is 8.21. The Morgan fingerprint density at radius 2 is 1.83 bits per heavy atom. The van der Waals surface area contributed by atoms with Crippen LogP contribution in [-0.2, 0) is 45.3 Å². The fourth-order valence-corrected chi connectivity index (χ4v) is 6.45. The van der Waals surface area contributed by atoms with Crippen LogP contribution in [0.1, 0.15) is 39.5 Å². The Hall–Kier alpha value is -2.73. The van der Waals surface area contributed by atoms with E-state index in [0.717, 1.165) is 22.3 Å². The maximum atomic E-state index is 13.5. The van der Waals surface area contributed by atoms with Crippen LogP contribution in [0.3, 0.4) is 0 Å². The first kappa shape index (κ1) is 35.5. The Morgan fingerprint density at radius 3 is 2.38 bits per heavy atom. The van der Waals surface area contributed by atoms with E-state index in [1.807, 2.05) is 0 Å². The number of β-lactam (4-membered cyclic amide) rings is 1. The van der Waals surface area contributed by atoms with Crippen LogP contribution in [0.4, 0.5) is 0 Å². The van der Waals surface area contributed by atoms with Crippen molar-refractivity contribution in [3.05, 3.63) is 23.0 Å². The number of hydrogen-bond acceptors (Lipinski definition) is 14. The molecule has 0 saturated carbocycles. The summed E-state index contributed by atoms with van der Waals surface area (Å²) in [6.45, 7) is 2.95. The molecular formula is C24H29N6NaO9S2. The van der Waals surface area contributed by atoms with E-state index in [1.54, 1.807) is 7.05 Å². The van der Waals surface area contributed by atoms with E-state index in [4.69, 9.17) is 9.47 Å². The zero-order valence-corrected chi connectivity index (χ0v) is 27.3. The van der Waals surface area contributed by atoms with Crippen LogP contribution in [-0.4, -0.2) is 102 Å².